The molecule has 6 nitrogen and oxygen atoms in total. The van der Waals surface area contributed by atoms with Crippen molar-refractivity contribution in [3.8, 4) is 11.5 Å². The Balaban J connectivity index is 0.00000364. The molecular formula is C18H27IN4O2S2. The number of nitrogens with one attached hydrogen (secondary N) is 1. The van der Waals surface area contributed by atoms with Gasteiger partial charge in [-0.1, -0.05) is 11.8 Å². The molecule has 1 N–H and O–H groups in total. The minimum Gasteiger partial charge on any atom is -0.497 e. The molecule has 1 aromatic carbocycles. The van der Waals surface area contributed by atoms with Gasteiger partial charge in [0.05, 0.1) is 13.7 Å². The Hall–Kier alpha value is -1.20. The maximum Gasteiger partial charge on any atom is 0.193 e. The highest BCUT2D eigenvalue weighted by Gasteiger charge is 2.06. The van der Waals surface area contributed by atoms with E-state index in [9.17, 15) is 0 Å². The number of nitrogens with zero attached hydrogens (tertiary/aromatic N) is 3. The first-order valence-electron chi connectivity index (χ1n) is 8.44. The maximum absolute atomic E-state index is 5.77. The minimum atomic E-state index is 0. The van der Waals surface area contributed by atoms with Gasteiger partial charge in [0.1, 0.15) is 22.4 Å². The molecule has 0 aliphatic carbocycles. The van der Waals surface area contributed by atoms with Crippen molar-refractivity contribution in [3.63, 3.8) is 0 Å². The second-order valence-corrected chi connectivity index (χ2v) is 7.66. The summed E-state index contributed by atoms with van der Waals surface area (Å²) in [5.41, 5.74) is 0. The number of aliphatic imine (C=N–C) groups is 1. The first kappa shape index (κ1) is 23.8. The van der Waals surface area contributed by atoms with Gasteiger partial charge in [-0.25, -0.2) is 4.98 Å². The number of halogens is 1. The van der Waals surface area contributed by atoms with Crippen molar-refractivity contribution in [2.45, 2.75) is 10.8 Å². The molecule has 9 heteroatoms. The quantitative estimate of drug-likeness (QED) is 0.168. The molecule has 0 aliphatic rings. The van der Waals surface area contributed by atoms with Gasteiger partial charge in [0.15, 0.2) is 5.96 Å². The molecule has 2 aromatic rings. The first-order valence-corrected chi connectivity index (χ1v) is 10.3. The summed E-state index contributed by atoms with van der Waals surface area (Å²) in [7, 11) is 5.46. The van der Waals surface area contributed by atoms with Gasteiger partial charge in [-0.15, -0.1) is 35.3 Å². The fourth-order valence-electron chi connectivity index (χ4n) is 2.18. The van der Waals surface area contributed by atoms with Crippen LogP contribution in [0.4, 0.5) is 0 Å². The molecule has 0 unspecified atom stereocenters. The molecule has 150 valence electrons. The van der Waals surface area contributed by atoms with E-state index in [0.29, 0.717) is 6.61 Å². The van der Waals surface area contributed by atoms with Crippen LogP contribution in [0.3, 0.4) is 0 Å². The van der Waals surface area contributed by atoms with Crippen LogP contribution in [-0.4, -0.2) is 62.5 Å². The number of methoxy groups -OCH3 is 1. The summed E-state index contributed by atoms with van der Waals surface area (Å²) >= 11 is 3.48. The Labute approximate surface area is 186 Å². The van der Waals surface area contributed by atoms with Crippen molar-refractivity contribution in [2.75, 3.05) is 46.7 Å². The van der Waals surface area contributed by atoms with Crippen LogP contribution < -0.4 is 14.8 Å². The molecule has 27 heavy (non-hydrogen) atoms. The van der Waals surface area contributed by atoms with Crippen LogP contribution in [0.2, 0.25) is 0 Å². The van der Waals surface area contributed by atoms with Crippen LogP contribution in [0.5, 0.6) is 11.5 Å². The van der Waals surface area contributed by atoms with E-state index in [1.165, 1.54) is 0 Å². The van der Waals surface area contributed by atoms with E-state index in [2.05, 4.69) is 20.2 Å². The van der Waals surface area contributed by atoms with Gasteiger partial charge in [-0.3, -0.25) is 4.99 Å². The number of thiazole rings is 1. The number of benzene rings is 1. The molecule has 0 saturated carbocycles. The second kappa shape index (κ2) is 13.9. The number of guanidine groups is 1. The summed E-state index contributed by atoms with van der Waals surface area (Å²) in [6, 6.07) is 7.60. The Kier molecular flexibility index (Phi) is 12.3. The van der Waals surface area contributed by atoms with Crippen molar-refractivity contribution >= 4 is 53.0 Å². The van der Waals surface area contributed by atoms with Gasteiger partial charge < -0.3 is 19.7 Å². The largest absolute Gasteiger partial charge is 0.497 e. The molecule has 0 radical (unpaired) electrons. The third kappa shape index (κ3) is 9.02. The third-order valence-electron chi connectivity index (χ3n) is 3.57. The molecular weight excluding hydrogens is 495 g/mol. The van der Waals surface area contributed by atoms with Crippen molar-refractivity contribution in [3.05, 3.63) is 35.8 Å². The molecule has 0 fully saturated rings. The Morgan fingerprint density at radius 1 is 1.30 bits per heavy atom. The molecule has 0 aliphatic heterocycles. The number of hydrogen-bond acceptors (Lipinski definition) is 6. The standard InChI is InChI=1S/C18H26N4O2S2.HI/c1-19-17(20-9-4-13-25-18-21-10-14-26-18)22(2)11-12-24-16-7-5-15(23-3)6-8-16;/h5-8,10,14H,4,9,11-13H2,1-3H3,(H,19,20);1H. The average Bonchev–Trinajstić information content (AvgIpc) is 3.18. The number of hydrogen-bond donors (Lipinski definition) is 1. The zero-order chi connectivity index (χ0) is 18.6. The smallest absolute Gasteiger partial charge is 0.193 e. The summed E-state index contributed by atoms with van der Waals surface area (Å²) in [6.07, 6.45) is 2.90. The third-order valence-corrected chi connectivity index (χ3v) is 5.62. The lowest BCUT2D eigenvalue weighted by atomic mass is 10.3. The van der Waals surface area contributed by atoms with E-state index in [1.807, 2.05) is 42.9 Å². The lowest BCUT2D eigenvalue weighted by Crippen LogP contribution is -2.41. The van der Waals surface area contributed by atoms with Gasteiger partial charge in [0.25, 0.3) is 0 Å². The molecule has 1 aromatic heterocycles. The van der Waals surface area contributed by atoms with Crippen molar-refractivity contribution in [2.24, 2.45) is 4.99 Å². The van der Waals surface area contributed by atoms with Crippen molar-refractivity contribution in [1.82, 2.24) is 15.2 Å². The SMILES string of the molecule is CN=C(NCCCSc1nccs1)N(C)CCOc1ccc(OC)cc1.I. The van der Waals surface area contributed by atoms with E-state index in [4.69, 9.17) is 9.47 Å². The monoisotopic (exact) mass is 522 g/mol. The van der Waals surface area contributed by atoms with Gasteiger partial charge in [0, 0.05) is 38.0 Å². The topological polar surface area (TPSA) is 59.0 Å². The van der Waals surface area contributed by atoms with Gasteiger partial charge >= 0.3 is 0 Å². The lowest BCUT2D eigenvalue weighted by molar-refractivity contribution is 0.281. The Bertz CT molecular complexity index is 654. The van der Waals surface area contributed by atoms with Crippen molar-refractivity contribution in [1.29, 1.82) is 0 Å². The highest BCUT2D eigenvalue weighted by molar-refractivity contribution is 14.0. The van der Waals surface area contributed by atoms with Crippen molar-refractivity contribution < 1.29 is 9.47 Å². The summed E-state index contributed by atoms with van der Waals surface area (Å²) in [5, 5.41) is 5.39. The Morgan fingerprint density at radius 3 is 2.67 bits per heavy atom. The zero-order valence-corrected chi connectivity index (χ0v) is 19.8. The minimum absolute atomic E-state index is 0. The predicted octanol–water partition coefficient (Wildman–Crippen LogP) is 3.84. The molecule has 0 atom stereocenters. The predicted molar refractivity (Wildman–Crippen MR) is 125 cm³/mol. The van der Waals surface area contributed by atoms with Crippen LogP contribution in [0.25, 0.3) is 0 Å². The number of aromatic nitrogens is 1. The zero-order valence-electron chi connectivity index (χ0n) is 15.9. The summed E-state index contributed by atoms with van der Waals surface area (Å²) in [5.74, 6) is 3.58. The number of ether oxygens (including phenoxy) is 2. The fraction of sp³-hybridized carbons (Fsp3) is 0.444. The van der Waals surface area contributed by atoms with Crippen LogP contribution >= 0.6 is 47.1 Å². The van der Waals surface area contributed by atoms with E-state index in [-0.39, 0.29) is 24.0 Å². The molecule has 0 amide bonds. The molecule has 1 heterocycles. The summed E-state index contributed by atoms with van der Waals surface area (Å²) in [6.45, 7) is 2.22. The Morgan fingerprint density at radius 2 is 2.04 bits per heavy atom. The van der Waals surface area contributed by atoms with Crippen LogP contribution in [0, 0.1) is 0 Å². The molecule has 0 spiro atoms. The lowest BCUT2D eigenvalue weighted by Gasteiger charge is -2.22. The van der Waals surface area contributed by atoms with E-state index in [0.717, 1.165) is 47.1 Å². The normalized spacial score (nSPS) is 10.9. The van der Waals surface area contributed by atoms with E-state index >= 15 is 0 Å². The second-order valence-electron chi connectivity index (χ2n) is 5.42. The number of likely N-dealkylation sites (N-methyl/N-ethyl adjacent to an activating group) is 1. The van der Waals surface area contributed by atoms with Gasteiger partial charge in [0.2, 0.25) is 0 Å². The maximum atomic E-state index is 5.77. The summed E-state index contributed by atoms with van der Waals surface area (Å²) in [4.78, 5) is 10.7. The van der Waals surface area contributed by atoms with E-state index < -0.39 is 0 Å². The van der Waals surface area contributed by atoms with Gasteiger partial charge in [-0.2, -0.15) is 0 Å². The average molecular weight is 522 g/mol. The molecule has 2 rings (SSSR count). The number of rotatable bonds is 10. The first-order chi connectivity index (χ1) is 12.7. The number of thioether (sulfide) groups is 1. The molecule has 0 bridgehead atoms. The highest BCUT2D eigenvalue weighted by Crippen LogP contribution is 2.20. The van der Waals surface area contributed by atoms with Crippen LogP contribution in [-0.2, 0) is 0 Å². The van der Waals surface area contributed by atoms with Crippen LogP contribution in [0.1, 0.15) is 6.42 Å². The van der Waals surface area contributed by atoms with Gasteiger partial charge in [-0.05, 0) is 30.7 Å². The highest BCUT2D eigenvalue weighted by atomic mass is 127. The van der Waals surface area contributed by atoms with Crippen LogP contribution in [0.15, 0.2) is 45.2 Å². The van der Waals surface area contributed by atoms with E-state index in [1.54, 1.807) is 37.3 Å². The molecule has 0 saturated heterocycles. The summed E-state index contributed by atoms with van der Waals surface area (Å²) < 4.78 is 12.0. The fourth-order valence-corrected chi connectivity index (χ4v) is 3.82.